The van der Waals surface area contributed by atoms with Crippen LogP contribution in [0.3, 0.4) is 0 Å². The summed E-state index contributed by atoms with van der Waals surface area (Å²) in [5, 5.41) is 5.44. The number of hydrogen-bond acceptors (Lipinski definition) is 4. The molecule has 30 heavy (non-hydrogen) atoms. The molecule has 0 saturated heterocycles. The van der Waals surface area contributed by atoms with Gasteiger partial charge in [0.1, 0.15) is 5.69 Å². The summed E-state index contributed by atoms with van der Waals surface area (Å²) in [4.78, 5) is 14.8. The quantitative estimate of drug-likeness (QED) is 0.576. The molecule has 1 aliphatic rings. The highest BCUT2D eigenvalue weighted by atomic mass is 35.5. The van der Waals surface area contributed by atoms with Crippen LogP contribution in [-0.4, -0.2) is 40.8 Å². The summed E-state index contributed by atoms with van der Waals surface area (Å²) in [6, 6.07) is 11.0. The highest BCUT2D eigenvalue weighted by Gasteiger charge is 2.23. The summed E-state index contributed by atoms with van der Waals surface area (Å²) in [5.74, 6) is 1.20. The molecule has 2 heterocycles. The van der Waals surface area contributed by atoms with Crippen LogP contribution in [0.25, 0.3) is 11.3 Å². The van der Waals surface area contributed by atoms with E-state index in [-0.39, 0.29) is 5.91 Å². The summed E-state index contributed by atoms with van der Waals surface area (Å²) < 4.78 is 13.1. The molecule has 0 atom stereocenters. The Morgan fingerprint density at radius 3 is 2.73 bits per heavy atom. The van der Waals surface area contributed by atoms with E-state index in [0.717, 1.165) is 17.5 Å². The van der Waals surface area contributed by atoms with Crippen LogP contribution in [0, 0.1) is 0 Å². The van der Waals surface area contributed by atoms with Crippen molar-refractivity contribution < 1.29 is 14.3 Å². The van der Waals surface area contributed by atoms with Crippen LogP contribution >= 0.6 is 23.2 Å². The zero-order valence-electron chi connectivity index (χ0n) is 16.7. The normalized spacial score (nSPS) is 13.1. The number of nitrogens with zero attached hydrogens (tertiary/aromatic N) is 3. The molecule has 2 aromatic carbocycles. The van der Waals surface area contributed by atoms with E-state index in [2.05, 4.69) is 5.10 Å². The minimum absolute atomic E-state index is 0.166. The zero-order chi connectivity index (χ0) is 21.3. The van der Waals surface area contributed by atoms with E-state index in [1.54, 1.807) is 35.9 Å². The molecule has 0 bridgehead atoms. The highest BCUT2D eigenvalue weighted by Crippen LogP contribution is 2.35. The van der Waals surface area contributed by atoms with Gasteiger partial charge >= 0.3 is 0 Å². The van der Waals surface area contributed by atoms with Crippen LogP contribution in [0.5, 0.6) is 11.5 Å². The monoisotopic (exact) mass is 445 g/mol. The van der Waals surface area contributed by atoms with Crippen molar-refractivity contribution in [1.82, 2.24) is 14.7 Å². The summed E-state index contributed by atoms with van der Waals surface area (Å²) >= 11 is 12.4. The predicted molar refractivity (Wildman–Crippen MR) is 117 cm³/mol. The van der Waals surface area contributed by atoms with Gasteiger partial charge in [-0.2, -0.15) is 5.10 Å². The van der Waals surface area contributed by atoms with Gasteiger partial charge in [-0.05, 0) is 29.8 Å². The van der Waals surface area contributed by atoms with Crippen molar-refractivity contribution in [2.45, 2.75) is 13.0 Å². The lowest BCUT2D eigenvalue weighted by Crippen LogP contribution is -2.26. The number of benzene rings is 2. The Morgan fingerprint density at radius 2 is 1.93 bits per heavy atom. The number of ether oxygens (including phenoxy) is 2. The molecule has 0 unspecified atom stereocenters. The maximum atomic E-state index is 13.2. The SMILES string of the molecule is CN(Cc1cccc(Cl)c1Cl)C(=O)c1cn(C)nc1-c1ccc2c(c1)OCCCO2. The van der Waals surface area contributed by atoms with Crippen LogP contribution in [0.15, 0.2) is 42.6 Å². The number of aromatic nitrogens is 2. The van der Waals surface area contributed by atoms with Gasteiger partial charge in [0.15, 0.2) is 11.5 Å². The molecule has 0 aliphatic carbocycles. The van der Waals surface area contributed by atoms with E-state index in [4.69, 9.17) is 32.7 Å². The number of hydrogen-bond donors (Lipinski definition) is 0. The molecule has 8 heteroatoms. The first-order chi connectivity index (χ1) is 14.4. The van der Waals surface area contributed by atoms with Gasteiger partial charge < -0.3 is 14.4 Å². The van der Waals surface area contributed by atoms with Crippen molar-refractivity contribution >= 4 is 29.1 Å². The maximum absolute atomic E-state index is 13.2. The minimum atomic E-state index is -0.166. The molecule has 1 amide bonds. The Bertz CT molecular complexity index is 1100. The molecule has 0 N–H and O–H groups in total. The first-order valence-corrected chi connectivity index (χ1v) is 10.3. The van der Waals surface area contributed by atoms with Crippen molar-refractivity contribution in [3.63, 3.8) is 0 Å². The highest BCUT2D eigenvalue weighted by molar-refractivity contribution is 6.42. The van der Waals surface area contributed by atoms with Gasteiger partial charge in [0.25, 0.3) is 5.91 Å². The first kappa shape index (κ1) is 20.6. The summed E-state index contributed by atoms with van der Waals surface area (Å²) in [5.41, 5.74) is 2.65. The van der Waals surface area contributed by atoms with E-state index in [1.807, 2.05) is 30.3 Å². The standard InChI is InChI=1S/C22H21Cl2N3O3/c1-26(12-15-5-3-6-17(23)20(15)24)22(28)16-13-27(2)25-21(16)14-7-8-18-19(11-14)30-10-4-9-29-18/h3,5-8,11,13H,4,9-10,12H2,1-2H3. The lowest BCUT2D eigenvalue weighted by atomic mass is 10.1. The van der Waals surface area contributed by atoms with E-state index in [1.165, 1.54) is 0 Å². The fourth-order valence-corrected chi connectivity index (χ4v) is 3.75. The van der Waals surface area contributed by atoms with E-state index in [0.29, 0.717) is 52.6 Å². The molecule has 156 valence electrons. The molecule has 0 saturated carbocycles. The third-order valence-electron chi connectivity index (χ3n) is 4.87. The van der Waals surface area contributed by atoms with Gasteiger partial charge in [0, 0.05) is 38.8 Å². The van der Waals surface area contributed by atoms with Crippen molar-refractivity contribution in [3.8, 4) is 22.8 Å². The van der Waals surface area contributed by atoms with Crippen molar-refractivity contribution in [1.29, 1.82) is 0 Å². The fourth-order valence-electron chi connectivity index (χ4n) is 3.37. The average molecular weight is 446 g/mol. The molecule has 6 nitrogen and oxygen atoms in total. The topological polar surface area (TPSA) is 56.6 Å². The van der Waals surface area contributed by atoms with Crippen molar-refractivity contribution in [2.24, 2.45) is 7.05 Å². The number of carbonyl (C=O) groups is 1. The van der Waals surface area contributed by atoms with E-state index >= 15 is 0 Å². The zero-order valence-corrected chi connectivity index (χ0v) is 18.2. The lowest BCUT2D eigenvalue weighted by molar-refractivity contribution is 0.0786. The van der Waals surface area contributed by atoms with E-state index < -0.39 is 0 Å². The summed E-state index contributed by atoms with van der Waals surface area (Å²) in [6.07, 6.45) is 2.55. The molecule has 3 aromatic rings. The van der Waals surface area contributed by atoms with Crippen molar-refractivity contribution in [2.75, 3.05) is 20.3 Å². The molecular weight excluding hydrogens is 425 g/mol. The van der Waals surface area contributed by atoms with Crippen LogP contribution in [0.2, 0.25) is 10.0 Å². The van der Waals surface area contributed by atoms with Gasteiger partial charge in [-0.25, -0.2) is 0 Å². The van der Waals surface area contributed by atoms with Crippen molar-refractivity contribution in [3.05, 3.63) is 63.8 Å². The Balaban J connectivity index is 1.64. The molecule has 1 aromatic heterocycles. The third kappa shape index (κ3) is 4.11. The molecule has 0 radical (unpaired) electrons. The van der Waals surface area contributed by atoms with Gasteiger partial charge in [-0.3, -0.25) is 9.48 Å². The number of fused-ring (bicyclic) bond motifs is 1. The van der Waals surface area contributed by atoms with E-state index in [9.17, 15) is 4.79 Å². The number of amides is 1. The first-order valence-electron chi connectivity index (χ1n) is 9.56. The largest absolute Gasteiger partial charge is 0.490 e. The van der Waals surface area contributed by atoms with Crippen LogP contribution < -0.4 is 9.47 Å². The summed E-state index contributed by atoms with van der Waals surface area (Å²) in [7, 11) is 3.52. The molecule has 4 rings (SSSR count). The van der Waals surface area contributed by atoms with Gasteiger partial charge in [0.05, 0.1) is 28.8 Å². The van der Waals surface area contributed by atoms with Gasteiger partial charge in [0.2, 0.25) is 0 Å². The number of carbonyl (C=O) groups excluding carboxylic acids is 1. The number of halogens is 2. The minimum Gasteiger partial charge on any atom is -0.490 e. The lowest BCUT2D eigenvalue weighted by Gasteiger charge is -2.18. The maximum Gasteiger partial charge on any atom is 0.257 e. The third-order valence-corrected chi connectivity index (χ3v) is 5.72. The Hall–Kier alpha value is -2.70. The molecule has 1 aliphatic heterocycles. The van der Waals surface area contributed by atoms with Gasteiger partial charge in [-0.1, -0.05) is 35.3 Å². The molecule has 0 spiro atoms. The Labute approximate surface area is 184 Å². The summed E-state index contributed by atoms with van der Waals surface area (Å²) in [6.45, 7) is 1.54. The van der Waals surface area contributed by atoms with Gasteiger partial charge in [-0.15, -0.1) is 0 Å². The molecular formula is C22H21Cl2N3O3. The van der Waals surface area contributed by atoms with Crippen LogP contribution in [0.1, 0.15) is 22.3 Å². The smallest absolute Gasteiger partial charge is 0.257 e. The average Bonchev–Trinajstić information content (AvgIpc) is 2.97. The van der Waals surface area contributed by atoms with Crippen LogP contribution in [0.4, 0.5) is 0 Å². The Morgan fingerprint density at radius 1 is 1.17 bits per heavy atom. The Kier molecular flexibility index (Phi) is 5.88. The second kappa shape index (κ2) is 8.58. The second-order valence-corrected chi connectivity index (χ2v) is 7.94. The number of aryl methyl sites for hydroxylation is 1. The predicted octanol–water partition coefficient (Wildman–Crippen LogP) is 4.83. The second-order valence-electron chi connectivity index (χ2n) is 7.15. The molecule has 0 fully saturated rings. The fraction of sp³-hybridized carbons (Fsp3) is 0.273. The number of rotatable bonds is 4. The van der Waals surface area contributed by atoms with Crippen LogP contribution in [-0.2, 0) is 13.6 Å².